The highest BCUT2D eigenvalue weighted by Crippen LogP contribution is 2.38. The summed E-state index contributed by atoms with van der Waals surface area (Å²) in [6.45, 7) is 17.0. The number of pyridine rings is 2. The van der Waals surface area contributed by atoms with E-state index < -0.39 is 36.6 Å². The second-order valence-corrected chi connectivity index (χ2v) is 17.5. The van der Waals surface area contributed by atoms with Crippen LogP contribution in [0.4, 0.5) is 15.0 Å². The number of halogens is 1. The molecule has 0 bridgehead atoms. The summed E-state index contributed by atoms with van der Waals surface area (Å²) >= 11 is 0. The summed E-state index contributed by atoms with van der Waals surface area (Å²) in [4.78, 5) is 20.9. The van der Waals surface area contributed by atoms with Crippen molar-refractivity contribution in [1.82, 2.24) is 14.9 Å². The molecule has 1 aliphatic heterocycles. The van der Waals surface area contributed by atoms with Gasteiger partial charge >= 0.3 is 6.09 Å². The van der Waals surface area contributed by atoms with Crippen LogP contribution in [-0.4, -0.2) is 94.0 Å². The van der Waals surface area contributed by atoms with E-state index in [0.29, 0.717) is 50.2 Å². The van der Waals surface area contributed by atoms with E-state index in [4.69, 9.17) is 25.1 Å². The van der Waals surface area contributed by atoms with Gasteiger partial charge in [-0.2, -0.15) is 4.39 Å². The lowest BCUT2D eigenvalue weighted by atomic mass is 9.92. The maximum atomic E-state index is 12.3. The Balaban J connectivity index is 0.000000273. The van der Waals surface area contributed by atoms with E-state index >= 15 is 0 Å². The zero-order chi connectivity index (χ0) is 38.0. The van der Waals surface area contributed by atoms with Gasteiger partial charge in [0.15, 0.2) is 10.1 Å². The summed E-state index contributed by atoms with van der Waals surface area (Å²) in [5.74, 6) is -0.381. The molecular formula is C32H54FN7O8S2. The van der Waals surface area contributed by atoms with E-state index in [1.54, 1.807) is 17.0 Å². The molecule has 2 aliphatic rings. The van der Waals surface area contributed by atoms with Crippen molar-refractivity contribution >= 4 is 32.0 Å². The standard InChI is InChI=1S/C14H23N3O3S.C13H26N2O3.C5H5FN2O2S/c1-14(2)7-6-11(10-14)20-9-8-16-12-4-3-5-13(17-12)21(15,18)19;1-12(2,3)18-11(16)15-9-10(17-7-6-14)8-13(15,4)5;6-4-2-1-3-5(8-4)11(7,9)10/h3-5,11H,6-10H2,1-2H3,(H,16,17)(H2,15,18,19);10H,6-9,14H2,1-5H3;1-3H,(H2,7,9,10). The average molecular weight is 748 g/mol. The topological polar surface area (TPSA) is 232 Å². The fourth-order valence-electron chi connectivity index (χ4n) is 5.31. The highest BCUT2D eigenvalue weighted by atomic mass is 32.2. The number of nitrogens with one attached hydrogen (secondary N) is 1. The van der Waals surface area contributed by atoms with Crippen LogP contribution in [-0.2, 0) is 34.3 Å². The van der Waals surface area contributed by atoms with Crippen molar-refractivity contribution in [3.8, 4) is 0 Å². The third-order valence-electron chi connectivity index (χ3n) is 7.61. The summed E-state index contributed by atoms with van der Waals surface area (Å²) in [5.41, 5.74) is 5.10. The number of rotatable bonds is 10. The van der Waals surface area contributed by atoms with Crippen LogP contribution >= 0.6 is 0 Å². The van der Waals surface area contributed by atoms with Crippen molar-refractivity contribution < 1.29 is 40.2 Å². The molecule has 4 rings (SSSR count). The Kier molecular flexibility index (Phi) is 15.5. The van der Waals surface area contributed by atoms with Gasteiger partial charge in [0.1, 0.15) is 11.4 Å². The Bertz CT molecular complexity index is 1620. The maximum Gasteiger partial charge on any atom is 0.410 e. The third-order valence-corrected chi connectivity index (χ3v) is 9.23. The first-order valence-corrected chi connectivity index (χ1v) is 19.3. The van der Waals surface area contributed by atoms with Gasteiger partial charge in [0.2, 0.25) is 5.95 Å². The Morgan fingerprint density at radius 1 is 0.940 bits per heavy atom. The van der Waals surface area contributed by atoms with Crippen LogP contribution in [0, 0.1) is 11.4 Å². The Morgan fingerprint density at radius 3 is 2.02 bits per heavy atom. The Labute approximate surface area is 295 Å². The number of nitrogens with zero attached hydrogens (tertiary/aromatic N) is 3. The van der Waals surface area contributed by atoms with Crippen LogP contribution in [0.25, 0.3) is 0 Å². The van der Waals surface area contributed by atoms with Gasteiger partial charge in [0.25, 0.3) is 20.0 Å². The molecule has 284 valence electrons. The van der Waals surface area contributed by atoms with E-state index in [2.05, 4.69) is 34.3 Å². The molecule has 2 unspecified atom stereocenters. The monoisotopic (exact) mass is 747 g/mol. The van der Waals surface area contributed by atoms with E-state index in [9.17, 15) is 26.0 Å². The number of carbonyl (C=O) groups is 1. The van der Waals surface area contributed by atoms with E-state index in [0.717, 1.165) is 31.4 Å². The second-order valence-electron chi connectivity index (χ2n) is 14.5. The van der Waals surface area contributed by atoms with Crippen molar-refractivity contribution in [2.24, 2.45) is 21.4 Å². The number of likely N-dealkylation sites (tertiary alicyclic amines) is 1. The zero-order valence-corrected chi connectivity index (χ0v) is 31.6. The molecule has 1 amide bonds. The van der Waals surface area contributed by atoms with Crippen LogP contribution < -0.4 is 21.3 Å². The summed E-state index contributed by atoms with van der Waals surface area (Å²) < 4.78 is 72.6. The van der Waals surface area contributed by atoms with Crippen LogP contribution in [0.1, 0.15) is 74.1 Å². The summed E-state index contributed by atoms with van der Waals surface area (Å²) in [6.07, 6.45) is 4.31. The molecule has 7 N–H and O–H groups in total. The molecule has 2 aromatic rings. The van der Waals surface area contributed by atoms with Gasteiger partial charge in [-0.3, -0.25) is 0 Å². The number of anilines is 1. The molecule has 18 heteroatoms. The normalized spacial score (nSPS) is 19.9. The first kappa shape index (κ1) is 43.2. The molecule has 1 saturated carbocycles. The van der Waals surface area contributed by atoms with Gasteiger partial charge in [-0.25, -0.2) is 41.9 Å². The van der Waals surface area contributed by atoms with E-state index in [1.165, 1.54) is 18.6 Å². The SMILES string of the molecule is CC(C)(C)OC(=O)N1CC(OCCN)CC1(C)C.CC1(C)CCC(OCCNc2cccc(S(N)(=O)=O)n2)C1.NS(=O)(=O)c1cccc(F)n1. The Hall–Kier alpha value is -3.00. The number of primary sulfonamides is 2. The number of amides is 1. The molecule has 0 spiro atoms. The predicted octanol–water partition coefficient (Wildman–Crippen LogP) is 3.35. The minimum Gasteiger partial charge on any atom is -0.444 e. The van der Waals surface area contributed by atoms with E-state index in [1.807, 2.05) is 34.6 Å². The lowest BCUT2D eigenvalue weighted by Gasteiger charge is -2.33. The first-order chi connectivity index (χ1) is 22.9. The quantitative estimate of drug-likeness (QED) is 0.203. The molecule has 1 saturated heterocycles. The number of nitrogens with two attached hydrogens (primary N) is 3. The summed E-state index contributed by atoms with van der Waals surface area (Å²) in [6, 6.07) is 8.07. The van der Waals surface area contributed by atoms with Gasteiger partial charge in [-0.15, -0.1) is 0 Å². The number of ether oxygens (including phenoxy) is 3. The van der Waals surface area contributed by atoms with E-state index in [-0.39, 0.29) is 22.8 Å². The maximum absolute atomic E-state index is 12.3. The van der Waals surface area contributed by atoms with Crippen molar-refractivity contribution in [2.75, 3.05) is 38.2 Å². The second kappa shape index (κ2) is 18.0. The summed E-state index contributed by atoms with van der Waals surface area (Å²) in [5, 5.41) is 12.2. The van der Waals surface area contributed by atoms with Crippen molar-refractivity contribution in [1.29, 1.82) is 0 Å². The van der Waals surface area contributed by atoms with Gasteiger partial charge < -0.3 is 30.2 Å². The molecule has 3 heterocycles. The van der Waals surface area contributed by atoms with Crippen LogP contribution in [0.3, 0.4) is 0 Å². The minimum atomic E-state index is -3.88. The number of hydrogen-bond acceptors (Lipinski definition) is 12. The number of sulfonamides is 2. The van der Waals surface area contributed by atoms with Crippen LogP contribution in [0.2, 0.25) is 0 Å². The lowest BCUT2D eigenvalue weighted by Crippen LogP contribution is -2.45. The molecule has 0 aromatic carbocycles. The largest absolute Gasteiger partial charge is 0.444 e. The first-order valence-electron chi connectivity index (χ1n) is 16.2. The van der Waals surface area contributed by atoms with Crippen molar-refractivity contribution in [3.63, 3.8) is 0 Å². The van der Waals surface area contributed by atoms with Crippen molar-refractivity contribution in [3.05, 3.63) is 42.3 Å². The van der Waals surface area contributed by atoms with Crippen LogP contribution in [0.15, 0.2) is 46.5 Å². The average Bonchev–Trinajstić information content (AvgIpc) is 3.49. The fourth-order valence-corrected chi connectivity index (χ4v) is 6.28. The van der Waals surface area contributed by atoms with Gasteiger partial charge in [0.05, 0.1) is 32.0 Å². The predicted molar refractivity (Wildman–Crippen MR) is 187 cm³/mol. The molecule has 50 heavy (non-hydrogen) atoms. The van der Waals surface area contributed by atoms with Crippen molar-refractivity contribution in [2.45, 2.75) is 108 Å². The summed E-state index contributed by atoms with van der Waals surface area (Å²) in [7, 11) is -7.64. The minimum absolute atomic E-state index is 0.0519. The number of carbonyl (C=O) groups excluding carboxylic acids is 1. The molecule has 2 aromatic heterocycles. The smallest absolute Gasteiger partial charge is 0.410 e. The number of hydrogen-bond donors (Lipinski definition) is 4. The molecule has 15 nitrogen and oxygen atoms in total. The molecule has 1 aliphatic carbocycles. The van der Waals surface area contributed by atoms with Gasteiger partial charge in [0, 0.05) is 18.6 Å². The fraction of sp³-hybridized carbons (Fsp3) is 0.656. The van der Waals surface area contributed by atoms with Gasteiger partial charge in [-0.05, 0) is 90.0 Å². The van der Waals surface area contributed by atoms with Gasteiger partial charge in [-0.1, -0.05) is 26.0 Å². The molecular weight excluding hydrogens is 694 g/mol. The highest BCUT2D eigenvalue weighted by Gasteiger charge is 2.43. The Morgan fingerprint density at radius 2 is 1.52 bits per heavy atom. The van der Waals surface area contributed by atoms with Crippen LogP contribution in [0.5, 0.6) is 0 Å². The third kappa shape index (κ3) is 15.5. The molecule has 2 atom stereocenters. The molecule has 0 radical (unpaired) electrons. The zero-order valence-electron chi connectivity index (χ0n) is 30.0. The molecule has 2 fully saturated rings. The highest BCUT2D eigenvalue weighted by molar-refractivity contribution is 7.89. The lowest BCUT2D eigenvalue weighted by molar-refractivity contribution is 0.0104. The number of aromatic nitrogens is 2.